The smallest absolute Gasteiger partial charge is 0.260 e. The molecule has 1 aromatic carbocycles. The Morgan fingerprint density at radius 2 is 1.70 bits per heavy atom. The molecule has 1 saturated carbocycles. The number of carbonyl (C=O) groups is 1. The molecule has 2 rings (SSSR count). The van der Waals surface area contributed by atoms with Gasteiger partial charge >= 0.3 is 0 Å². The SMILES string of the molecule is C[C@@H](Oc1ccccc1)C(=O)NC1CCCCCCC1. The first-order valence-corrected chi connectivity index (χ1v) is 7.78. The number of rotatable bonds is 4. The van der Waals surface area contributed by atoms with Crippen molar-refractivity contribution in [3.63, 3.8) is 0 Å². The number of para-hydroxylation sites is 1. The summed E-state index contributed by atoms with van der Waals surface area (Å²) in [7, 11) is 0. The first-order chi connectivity index (χ1) is 9.75. The molecule has 110 valence electrons. The van der Waals surface area contributed by atoms with E-state index in [9.17, 15) is 4.79 Å². The van der Waals surface area contributed by atoms with Crippen LogP contribution >= 0.6 is 0 Å². The number of benzene rings is 1. The lowest BCUT2D eigenvalue weighted by Crippen LogP contribution is -2.42. The molecule has 1 fully saturated rings. The van der Waals surface area contributed by atoms with Crippen molar-refractivity contribution in [1.82, 2.24) is 5.32 Å². The molecule has 1 N–H and O–H groups in total. The van der Waals surface area contributed by atoms with Gasteiger partial charge in [-0.2, -0.15) is 0 Å². The number of hydrogen-bond acceptors (Lipinski definition) is 2. The molecule has 0 spiro atoms. The third-order valence-corrected chi connectivity index (χ3v) is 3.88. The molecule has 0 aromatic heterocycles. The van der Waals surface area contributed by atoms with Crippen LogP contribution in [0.25, 0.3) is 0 Å². The van der Waals surface area contributed by atoms with E-state index in [1.165, 1.54) is 32.1 Å². The van der Waals surface area contributed by atoms with E-state index in [1.54, 1.807) is 0 Å². The summed E-state index contributed by atoms with van der Waals surface area (Å²) in [6, 6.07) is 9.83. The first kappa shape index (κ1) is 14.9. The average molecular weight is 275 g/mol. The fraction of sp³-hybridized carbons (Fsp3) is 0.588. The maximum absolute atomic E-state index is 12.2. The summed E-state index contributed by atoms with van der Waals surface area (Å²) in [4.78, 5) is 12.2. The largest absolute Gasteiger partial charge is 0.481 e. The summed E-state index contributed by atoms with van der Waals surface area (Å²) in [5.41, 5.74) is 0. The van der Waals surface area contributed by atoms with Crippen LogP contribution in [0.1, 0.15) is 51.9 Å². The van der Waals surface area contributed by atoms with Crippen molar-refractivity contribution in [3.8, 4) is 5.75 Å². The summed E-state index contributed by atoms with van der Waals surface area (Å²) >= 11 is 0. The molecule has 1 amide bonds. The Bertz CT molecular complexity index is 397. The van der Waals surface area contributed by atoms with Crippen LogP contribution in [-0.2, 0) is 4.79 Å². The highest BCUT2D eigenvalue weighted by Gasteiger charge is 2.19. The van der Waals surface area contributed by atoms with Gasteiger partial charge in [0.2, 0.25) is 0 Å². The summed E-state index contributed by atoms with van der Waals surface area (Å²) < 4.78 is 5.66. The second-order valence-corrected chi connectivity index (χ2v) is 5.62. The van der Waals surface area contributed by atoms with Crippen molar-refractivity contribution in [1.29, 1.82) is 0 Å². The predicted molar refractivity (Wildman–Crippen MR) is 80.8 cm³/mol. The zero-order valence-corrected chi connectivity index (χ0v) is 12.3. The van der Waals surface area contributed by atoms with Crippen molar-refractivity contribution >= 4 is 5.91 Å². The molecule has 1 aliphatic carbocycles. The quantitative estimate of drug-likeness (QED) is 0.910. The van der Waals surface area contributed by atoms with Crippen LogP contribution in [0.5, 0.6) is 5.75 Å². The lowest BCUT2D eigenvalue weighted by atomic mass is 9.96. The van der Waals surface area contributed by atoms with E-state index in [0.29, 0.717) is 6.04 Å². The van der Waals surface area contributed by atoms with E-state index in [2.05, 4.69) is 5.32 Å². The molecular formula is C17H25NO2. The van der Waals surface area contributed by atoms with E-state index in [0.717, 1.165) is 18.6 Å². The molecule has 3 nitrogen and oxygen atoms in total. The van der Waals surface area contributed by atoms with Crippen LogP contribution in [-0.4, -0.2) is 18.1 Å². The Hall–Kier alpha value is -1.51. The standard InChI is InChI=1S/C17H25NO2/c1-14(20-16-12-8-5-9-13-16)17(19)18-15-10-6-3-2-4-7-11-15/h5,8-9,12-15H,2-4,6-7,10-11H2,1H3,(H,18,19)/t14-/m1/s1. The van der Waals surface area contributed by atoms with E-state index >= 15 is 0 Å². The van der Waals surface area contributed by atoms with Gasteiger partial charge in [-0.15, -0.1) is 0 Å². The third-order valence-electron chi connectivity index (χ3n) is 3.88. The molecule has 0 bridgehead atoms. The predicted octanol–water partition coefficient (Wildman–Crippen LogP) is 3.68. The first-order valence-electron chi connectivity index (χ1n) is 7.78. The van der Waals surface area contributed by atoms with Gasteiger partial charge in [0.25, 0.3) is 5.91 Å². The molecular weight excluding hydrogens is 250 g/mol. The fourth-order valence-electron chi connectivity index (χ4n) is 2.68. The Morgan fingerprint density at radius 1 is 1.10 bits per heavy atom. The molecule has 3 heteroatoms. The van der Waals surface area contributed by atoms with Gasteiger partial charge in [0.05, 0.1) is 0 Å². The van der Waals surface area contributed by atoms with E-state index in [1.807, 2.05) is 37.3 Å². The normalized spacial score (nSPS) is 18.6. The molecule has 1 aromatic rings. The van der Waals surface area contributed by atoms with Crippen LogP contribution in [0.4, 0.5) is 0 Å². The maximum Gasteiger partial charge on any atom is 0.260 e. The number of hydrogen-bond donors (Lipinski definition) is 1. The van der Waals surface area contributed by atoms with Gasteiger partial charge in [-0.05, 0) is 31.9 Å². The van der Waals surface area contributed by atoms with Gasteiger partial charge in [0.1, 0.15) is 5.75 Å². The van der Waals surface area contributed by atoms with Crippen LogP contribution < -0.4 is 10.1 Å². The Kier molecular flexibility index (Phi) is 5.90. The summed E-state index contributed by atoms with van der Waals surface area (Å²) in [6.07, 6.45) is 8.13. The molecule has 0 radical (unpaired) electrons. The van der Waals surface area contributed by atoms with Crippen LogP contribution in [0.3, 0.4) is 0 Å². The molecule has 1 atom stereocenters. The van der Waals surface area contributed by atoms with Crippen molar-refractivity contribution in [2.24, 2.45) is 0 Å². The lowest BCUT2D eigenvalue weighted by Gasteiger charge is -2.23. The highest BCUT2D eigenvalue weighted by atomic mass is 16.5. The van der Waals surface area contributed by atoms with Gasteiger partial charge in [-0.1, -0.05) is 50.3 Å². The summed E-state index contributed by atoms with van der Waals surface area (Å²) in [6.45, 7) is 1.81. The van der Waals surface area contributed by atoms with Crippen molar-refractivity contribution in [3.05, 3.63) is 30.3 Å². The zero-order chi connectivity index (χ0) is 14.2. The molecule has 0 unspecified atom stereocenters. The summed E-state index contributed by atoms with van der Waals surface area (Å²) in [5.74, 6) is 0.743. The number of amides is 1. The van der Waals surface area contributed by atoms with Gasteiger partial charge in [0, 0.05) is 6.04 Å². The summed E-state index contributed by atoms with van der Waals surface area (Å²) in [5, 5.41) is 3.14. The van der Waals surface area contributed by atoms with Gasteiger partial charge in [0.15, 0.2) is 6.10 Å². The minimum absolute atomic E-state index is 0.000531. The second kappa shape index (κ2) is 7.93. The van der Waals surface area contributed by atoms with Gasteiger partial charge in [-0.3, -0.25) is 4.79 Å². The molecule has 20 heavy (non-hydrogen) atoms. The van der Waals surface area contributed by atoms with E-state index in [4.69, 9.17) is 4.74 Å². The van der Waals surface area contributed by atoms with Gasteiger partial charge < -0.3 is 10.1 Å². The number of carbonyl (C=O) groups excluding carboxylic acids is 1. The third kappa shape index (κ3) is 4.87. The molecule has 1 aliphatic rings. The Balaban J connectivity index is 1.80. The highest BCUT2D eigenvalue weighted by Crippen LogP contribution is 2.17. The zero-order valence-electron chi connectivity index (χ0n) is 12.3. The minimum Gasteiger partial charge on any atom is -0.481 e. The lowest BCUT2D eigenvalue weighted by molar-refractivity contribution is -0.128. The van der Waals surface area contributed by atoms with Crippen LogP contribution in [0.15, 0.2) is 30.3 Å². The van der Waals surface area contributed by atoms with Crippen molar-refractivity contribution in [2.45, 2.75) is 64.0 Å². The van der Waals surface area contributed by atoms with Gasteiger partial charge in [-0.25, -0.2) is 0 Å². The Labute approximate surface area is 121 Å². The monoisotopic (exact) mass is 275 g/mol. The topological polar surface area (TPSA) is 38.3 Å². The van der Waals surface area contributed by atoms with Crippen molar-refractivity contribution in [2.75, 3.05) is 0 Å². The van der Waals surface area contributed by atoms with Crippen LogP contribution in [0.2, 0.25) is 0 Å². The van der Waals surface area contributed by atoms with Crippen LogP contribution in [0, 0.1) is 0 Å². The molecule has 0 aliphatic heterocycles. The number of ether oxygens (including phenoxy) is 1. The maximum atomic E-state index is 12.2. The van der Waals surface area contributed by atoms with Crippen molar-refractivity contribution < 1.29 is 9.53 Å². The number of nitrogens with one attached hydrogen (secondary N) is 1. The Morgan fingerprint density at radius 3 is 2.35 bits per heavy atom. The average Bonchev–Trinajstić information content (AvgIpc) is 2.42. The molecule has 0 saturated heterocycles. The highest BCUT2D eigenvalue weighted by molar-refractivity contribution is 5.81. The van der Waals surface area contributed by atoms with E-state index < -0.39 is 6.10 Å². The minimum atomic E-state index is -0.442. The fourth-order valence-corrected chi connectivity index (χ4v) is 2.68. The molecule has 0 heterocycles. The second-order valence-electron chi connectivity index (χ2n) is 5.62. The van der Waals surface area contributed by atoms with E-state index in [-0.39, 0.29) is 5.91 Å².